The first-order valence-electron chi connectivity index (χ1n) is 5.11. The SMILES string of the molecule is Cc1cc(C(=O)NC(C)(C)CCl)c(F)cc1F. The molecule has 0 spiro atoms. The molecule has 1 amide bonds. The van der Waals surface area contributed by atoms with Gasteiger partial charge in [-0.25, -0.2) is 8.78 Å². The van der Waals surface area contributed by atoms with Crippen LogP contribution in [-0.4, -0.2) is 17.3 Å². The number of hydrogen-bond acceptors (Lipinski definition) is 1. The Hall–Kier alpha value is -1.16. The number of aryl methyl sites for hydroxylation is 1. The molecular formula is C12H14ClF2NO. The Morgan fingerprint density at radius 1 is 1.35 bits per heavy atom. The smallest absolute Gasteiger partial charge is 0.254 e. The third kappa shape index (κ3) is 3.40. The number of benzene rings is 1. The molecule has 1 rings (SSSR count). The van der Waals surface area contributed by atoms with E-state index in [0.717, 1.165) is 0 Å². The number of hydrogen-bond donors (Lipinski definition) is 1. The molecule has 0 unspecified atom stereocenters. The highest BCUT2D eigenvalue weighted by Gasteiger charge is 2.22. The van der Waals surface area contributed by atoms with Crippen molar-refractivity contribution in [3.8, 4) is 0 Å². The van der Waals surface area contributed by atoms with Gasteiger partial charge in [-0.2, -0.15) is 0 Å². The molecule has 1 aromatic carbocycles. The van der Waals surface area contributed by atoms with Crippen LogP contribution in [0.3, 0.4) is 0 Å². The van der Waals surface area contributed by atoms with E-state index >= 15 is 0 Å². The lowest BCUT2D eigenvalue weighted by Crippen LogP contribution is -2.45. The molecule has 0 aliphatic heterocycles. The summed E-state index contributed by atoms with van der Waals surface area (Å²) in [5, 5.41) is 2.58. The summed E-state index contributed by atoms with van der Waals surface area (Å²) in [4.78, 5) is 11.8. The largest absolute Gasteiger partial charge is 0.346 e. The molecule has 0 saturated carbocycles. The van der Waals surface area contributed by atoms with Gasteiger partial charge >= 0.3 is 0 Å². The summed E-state index contributed by atoms with van der Waals surface area (Å²) in [6, 6.07) is 1.89. The van der Waals surface area contributed by atoms with Gasteiger partial charge in [-0.1, -0.05) is 0 Å². The summed E-state index contributed by atoms with van der Waals surface area (Å²) >= 11 is 5.65. The molecular weight excluding hydrogens is 248 g/mol. The summed E-state index contributed by atoms with van der Waals surface area (Å²) in [5.74, 6) is -1.96. The fourth-order valence-electron chi connectivity index (χ4n) is 1.24. The Morgan fingerprint density at radius 3 is 2.47 bits per heavy atom. The number of alkyl halides is 1. The molecule has 2 nitrogen and oxygen atoms in total. The maximum atomic E-state index is 13.4. The number of carbonyl (C=O) groups excluding carboxylic acids is 1. The second-order valence-electron chi connectivity index (χ2n) is 4.55. The fraction of sp³-hybridized carbons (Fsp3) is 0.417. The minimum atomic E-state index is -0.879. The van der Waals surface area contributed by atoms with Gasteiger partial charge in [0.2, 0.25) is 0 Å². The zero-order chi connectivity index (χ0) is 13.2. The van der Waals surface area contributed by atoms with Gasteiger partial charge in [-0.3, -0.25) is 4.79 Å². The lowest BCUT2D eigenvalue weighted by molar-refractivity contribution is 0.0916. The standard InChI is InChI=1S/C12H14ClF2NO/c1-7-4-8(10(15)5-9(7)14)11(17)16-12(2,3)6-13/h4-5H,6H2,1-3H3,(H,16,17). The molecule has 0 bridgehead atoms. The van der Waals surface area contributed by atoms with E-state index in [4.69, 9.17) is 11.6 Å². The fourth-order valence-corrected chi connectivity index (χ4v) is 1.31. The van der Waals surface area contributed by atoms with Gasteiger partial charge in [-0.15, -0.1) is 11.6 Å². The highest BCUT2D eigenvalue weighted by molar-refractivity contribution is 6.18. The van der Waals surface area contributed by atoms with E-state index in [0.29, 0.717) is 6.07 Å². The number of amides is 1. The van der Waals surface area contributed by atoms with Gasteiger partial charge in [0.25, 0.3) is 5.91 Å². The molecule has 1 aromatic rings. The summed E-state index contributed by atoms with van der Waals surface area (Å²) in [6.07, 6.45) is 0. The molecule has 0 aliphatic rings. The van der Waals surface area contributed by atoms with Crippen LogP contribution in [-0.2, 0) is 0 Å². The van der Waals surface area contributed by atoms with E-state index in [1.807, 2.05) is 0 Å². The zero-order valence-electron chi connectivity index (χ0n) is 9.90. The van der Waals surface area contributed by atoms with Crippen molar-refractivity contribution < 1.29 is 13.6 Å². The first-order valence-corrected chi connectivity index (χ1v) is 5.64. The monoisotopic (exact) mass is 261 g/mol. The van der Waals surface area contributed by atoms with Gasteiger partial charge < -0.3 is 5.32 Å². The molecule has 0 fully saturated rings. The van der Waals surface area contributed by atoms with Gasteiger partial charge in [-0.05, 0) is 32.4 Å². The van der Waals surface area contributed by atoms with Crippen LogP contribution in [0.15, 0.2) is 12.1 Å². The average molecular weight is 262 g/mol. The first-order chi connectivity index (χ1) is 7.76. The number of halogens is 3. The van der Waals surface area contributed by atoms with Crippen molar-refractivity contribution >= 4 is 17.5 Å². The maximum Gasteiger partial charge on any atom is 0.254 e. The van der Waals surface area contributed by atoms with Crippen LogP contribution in [0.1, 0.15) is 29.8 Å². The van der Waals surface area contributed by atoms with E-state index in [-0.39, 0.29) is 17.0 Å². The Balaban J connectivity index is 3.01. The minimum absolute atomic E-state index is 0.179. The van der Waals surface area contributed by atoms with E-state index in [2.05, 4.69) is 5.32 Å². The Kier molecular flexibility index (Phi) is 4.09. The Labute approximate surface area is 104 Å². The highest BCUT2D eigenvalue weighted by Crippen LogP contribution is 2.15. The van der Waals surface area contributed by atoms with E-state index in [1.54, 1.807) is 13.8 Å². The van der Waals surface area contributed by atoms with Gasteiger partial charge in [0, 0.05) is 17.5 Å². The Bertz CT molecular complexity index is 446. The molecule has 0 radical (unpaired) electrons. The van der Waals surface area contributed by atoms with Crippen molar-refractivity contribution in [1.29, 1.82) is 0 Å². The molecule has 0 atom stereocenters. The predicted molar refractivity (Wildman–Crippen MR) is 63.4 cm³/mol. The molecule has 94 valence electrons. The molecule has 5 heteroatoms. The second kappa shape index (κ2) is 5.00. The van der Waals surface area contributed by atoms with Crippen LogP contribution in [0.25, 0.3) is 0 Å². The first kappa shape index (κ1) is 13.9. The summed E-state index contributed by atoms with van der Waals surface area (Å²) in [5.41, 5.74) is -0.602. The van der Waals surface area contributed by atoms with Crippen LogP contribution in [0.2, 0.25) is 0 Å². The third-order valence-corrected chi connectivity index (χ3v) is 2.95. The lowest BCUT2D eigenvalue weighted by Gasteiger charge is -2.23. The van der Waals surface area contributed by atoms with Crippen LogP contribution < -0.4 is 5.32 Å². The van der Waals surface area contributed by atoms with Crippen LogP contribution in [0.5, 0.6) is 0 Å². The predicted octanol–water partition coefficient (Wildman–Crippen LogP) is 3.02. The van der Waals surface area contributed by atoms with E-state index in [1.165, 1.54) is 13.0 Å². The van der Waals surface area contributed by atoms with Crippen LogP contribution in [0, 0.1) is 18.6 Å². The van der Waals surface area contributed by atoms with Crippen LogP contribution >= 0.6 is 11.6 Å². The normalized spacial score (nSPS) is 11.4. The summed E-state index contributed by atoms with van der Waals surface area (Å²) in [7, 11) is 0. The summed E-state index contributed by atoms with van der Waals surface area (Å²) in [6.45, 7) is 4.90. The van der Waals surface area contributed by atoms with Crippen molar-refractivity contribution in [2.45, 2.75) is 26.3 Å². The topological polar surface area (TPSA) is 29.1 Å². The summed E-state index contributed by atoms with van der Waals surface area (Å²) < 4.78 is 26.5. The lowest BCUT2D eigenvalue weighted by atomic mass is 10.1. The molecule has 0 aromatic heterocycles. The van der Waals surface area contributed by atoms with E-state index < -0.39 is 23.1 Å². The maximum absolute atomic E-state index is 13.4. The van der Waals surface area contributed by atoms with Gasteiger partial charge in [0.15, 0.2) is 0 Å². The molecule has 0 heterocycles. The molecule has 1 N–H and O–H groups in total. The average Bonchev–Trinajstić information content (AvgIpc) is 2.22. The van der Waals surface area contributed by atoms with E-state index in [9.17, 15) is 13.6 Å². The highest BCUT2D eigenvalue weighted by atomic mass is 35.5. The minimum Gasteiger partial charge on any atom is -0.346 e. The quantitative estimate of drug-likeness (QED) is 0.833. The van der Waals surface area contributed by atoms with Crippen LogP contribution in [0.4, 0.5) is 8.78 Å². The molecule has 0 aliphatic carbocycles. The number of nitrogens with one attached hydrogen (secondary N) is 1. The van der Waals surface area contributed by atoms with Gasteiger partial charge in [0.1, 0.15) is 11.6 Å². The van der Waals surface area contributed by atoms with Crippen molar-refractivity contribution in [2.75, 3.05) is 5.88 Å². The van der Waals surface area contributed by atoms with Crippen molar-refractivity contribution in [2.24, 2.45) is 0 Å². The van der Waals surface area contributed by atoms with Gasteiger partial charge in [0.05, 0.1) is 5.56 Å². The van der Waals surface area contributed by atoms with Crippen molar-refractivity contribution in [3.05, 3.63) is 34.9 Å². The number of carbonyl (C=O) groups is 1. The Morgan fingerprint density at radius 2 is 1.94 bits per heavy atom. The molecule has 0 saturated heterocycles. The number of rotatable bonds is 3. The zero-order valence-corrected chi connectivity index (χ0v) is 10.7. The second-order valence-corrected chi connectivity index (χ2v) is 4.82. The van der Waals surface area contributed by atoms with Crippen molar-refractivity contribution in [3.63, 3.8) is 0 Å². The third-order valence-electron chi connectivity index (χ3n) is 2.28. The molecule has 17 heavy (non-hydrogen) atoms. The van der Waals surface area contributed by atoms with Crippen molar-refractivity contribution in [1.82, 2.24) is 5.32 Å².